The van der Waals surface area contributed by atoms with E-state index in [1.165, 1.54) is 11.1 Å². The zero-order valence-electron chi connectivity index (χ0n) is 13.8. The summed E-state index contributed by atoms with van der Waals surface area (Å²) in [5.74, 6) is 0.0276. The third kappa shape index (κ3) is 3.94. The number of allylic oxidation sites excluding steroid dienone is 1. The van der Waals surface area contributed by atoms with E-state index in [0.717, 1.165) is 25.1 Å². The molecule has 0 saturated carbocycles. The number of benzene rings is 1. The van der Waals surface area contributed by atoms with E-state index >= 15 is 0 Å². The Kier molecular flexibility index (Phi) is 4.44. The Bertz CT molecular complexity index is 621. The fourth-order valence-corrected chi connectivity index (χ4v) is 3.31. The molecule has 3 rings (SSSR count). The molecule has 1 aromatic rings. The molecule has 0 bridgehead atoms. The van der Waals surface area contributed by atoms with Gasteiger partial charge in [0.05, 0.1) is 5.92 Å². The van der Waals surface area contributed by atoms with Gasteiger partial charge in [0.25, 0.3) is 0 Å². The quantitative estimate of drug-likeness (QED) is 0.837. The Morgan fingerprint density at radius 1 is 1.43 bits per heavy atom. The van der Waals surface area contributed by atoms with Gasteiger partial charge in [-0.05, 0) is 56.7 Å². The molecule has 4 nitrogen and oxygen atoms in total. The van der Waals surface area contributed by atoms with Gasteiger partial charge in [0.1, 0.15) is 11.4 Å². The van der Waals surface area contributed by atoms with Gasteiger partial charge in [-0.2, -0.15) is 0 Å². The molecule has 1 heterocycles. The molecule has 0 saturated heterocycles. The smallest absolute Gasteiger partial charge is 0.306 e. The number of aryl methyl sites for hydroxylation is 1. The maximum absolute atomic E-state index is 11.1. The number of aliphatic carboxylic acids is 1. The Morgan fingerprint density at radius 3 is 3.04 bits per heavy atom. The van der Waals surface area contributed by atoms with Crippen molar-refractivity contribution in [2.24, 2.45) is 5.92 Å². The highest BCUT2D eigenvalue weighted by Crippen LogP contribution is 2.33. The van der Waals surface area contributed by atoms with Crippen LogP contribution in [0.3, 0.4) is 0 Å². The minimum atomic E-state index is -0.699. The van der Waals surface area contributed by atoms with Gasteiger partial charge in [0.15, 0.2) is 0 Å². The van der Waals surface area contributed by atoms with Gasteiger partial charge in [0, 0.05) is 12.6 Å². The molecular formula is C19H25NO3. The molecule has 1 aromatic carbocycles. The summed E-state index contributed by atoms with van der Waals surface area (Å²) in [6, 6.07) is 6.49. The van der Waals surface area contributed by atoms with E-state index in [1.807, 2.05) is 6.08 Å². The molecule has 2 N–H and O–H groups in total. The largest absolute Gasteiger partial charge is 0.488 e. The summed E-state index contributed by atoms with van der Waals surface area (Å²) in [5, 5.41) is 12.6. The van der Waals surface area contributed by atoms with Crippen LogP contribution in [0.5, 0.6) is 5.75 Å². The predicted molar refractivity (Wildman–Crippen MR) is 89.6 cm³/mol. The lowest BCUT2D eigenvalue weighted by atomic mass is 9.91. The van der Waals surface area contributed by atoms with Crippen molar-refractivity contribution in [1.82, 2.24) is 5.32 Å². The van der Waals surface area contributed by atoms with Gasteiger partial charge in [-0.1, -0.05) is 24.3 Å². The number of carboxylic acid groups (broad SMARTS) is 1. The van der Waals surface area contributed by atoms with E-state index in [1.54, 1.807) is 0 Å². The molecular weight excluding hydrogens is 290 g/mol. The first-order valence-corrected chi connectivity index (χ1v) is 8.37. The monoisotopic (exact) mass is 315 g/mol. The number of hydrogen-bond acceptors (Lipinski definition) is 3. The summed E-state index contributed by atoms with van der Waals surface area (Å²) >= 11 is 0. The van der Waals surface area contributed by atoms with Crippen LogP contribution in [0, 0.1) is 5.92 Å². The molecule has 4 heteroatoms. The van der Waals surface area contributed by atoms with Crippen molar-refractivity contribution < 1.29 is 14.6 Å². The Morgan fingerprint density at radius 2 is 2.26 bits per heavy atom. The number of hydrogen-bond donors (Lipinski definition) is 2. The molecule has 0 amide bonds. The number of fused-ring (bicyclic) bond motifs is 1. The summed E-state index contributed by atoms with van der Waals surface area (Å²) in [6.07, 6.45) is 7.43. The van der Waals surface area contributed by atoms with Crippen LogP contribution in [0.1, 0.15) is 44.2 Å². The maximum Gasteiger partial charge on any atom is 0.306 e. The van der Waals surface area contributed by atoms with Crippen molar-refractivity contribution in [3.05, 3.63) is 41.5 Å². The minimum Gasteiger partial charge on any atom is -0.488 e. The molecule has 0 unspecified atom stereocenters. The standard InChI is InChI=1S/C19H25NO3/c1-19(2)9-8-14-10-13(6-7-17(14)23-19)12-20-16-5-3-4-15(11-16)18(21)22/h3,5-7,10,15-16,20H,4,8-9,11-12H2,1-2H3,(H,21,22)/t15-,16-/m0/s1. The van der Waals surface area contributed by atoms with Crippen molar-refractivity contribution >= 4 is 5.97 Å². The van der Waals surface area contributed by atoms with E-state index in [-0.39, 0.29) is 17.6 Å². The maximum atomic E-state index is 11.1. The molecule has 0 radical (unpaired) electrons. The van der Waals surface area contributed by atoms with Gasteiger partial charge in [-0.3, -0.25) is 4.79 Å². The lowest BCUT2D eigenvalue weighted by molar-refractivity contribution is -0.142. The Hall–Kier alpha value is -1.81. The molecule has 0 aromatic heterocycles. The Labute approximate surface area is 137 Å². The zero-order chi connectivity index (χ0) is 16.4. The first-order chi connectivity index (χ1) is 10.9. The molecule has 23 heavy (non-hydrogen) atoms. The van der Waals surface area contributed by atoms with E-state index in [0.29, 0.717) is 12.8 Å². The molecule has 2 aliphatic rings. The number of nitrogens with one attached hydrogen (secondary N) is 1. The van der Waals surface area contributed by atoms with Crippen LogP contribution < -0.4 is 10.1 Å². The van der Waals surface area contributed by atoms with Crippen molar-refractivity contribution in [2.45, 2.75) is 57.7 Å². The summed E-state index contributed by atoms with van der Waals surface area (Å²) in [5.41, 5.74) is 2.41. The highest BCUT2D eigenvalue weighted by Gasteiger charge is 2.27. The van der Waals surface area contributed by atoms with Gasteiger partial charge < -0.3 is 15.2 Å². The highest BCUT2D eigenvalue weighted by molar-refractivity contribution is 5.70. The topological polar surface area (TPSA) is 58.6 Å². The molecule has 1 aliphatic heterocycles. The molecule has 1 aliphatic carbocycles. The minimum absolute atomic E-state index is 0.0779. The molecule has 0 fully saturated rings. The number of ether oxygens (including phenoxy) is 1. The van der Waals surface area contributed by atoms with Crippen LogP contribution in [0.4, 0.5) is 0 Å². The SMILES string of the molecule is CC1(C)CCc2cc(CN[C@H]3C=CC[C@H](C(=O)O)C3)ccc2O1. The van der Waals surface area contributed by atoms with Gasteiger partial charge >= 0.3 is 5.97 Å². The fraction of sp³-hybridized carbons (Fsp3) is 0.526. The van der Waals surface area contributed by atoms with Crippen molar-refractivity contribution in [3.8, 4) is 5.75 Å². The van der Waals surface area contributed by atoms with E-state index in [2.05, 4.69) is 43.4 Å². The van der Waals surface area contributed by atoms with Crippen LogP contribution in [-0.4, -0.2) is 22.7 Å². The van der Waals surface area contributed by atoms with Gasteiger partial charge in [-0.25, -0.2) is 0 Å². The fourth-order valence-electron chi connectivity index (χ4n) is 3.31. The van der Waals surface area contributed by atoms with Crippen LogP contribution in [0.15, 0.2) is 30.4 Å². The first kappa shape index (κ1) is 16.1. The number of carbonyl (C=O) groups is 1. The number of rotatable bonds is 4. The molecule has 2 atom stereocenters. The summed E-state index contributed by atoms with van der Waals surface area (Å²) in [7, 11) is 0. The van der Waals surface area contributed by atoms with E-state index in [4.69, 9.17) is 9.84 Å². The van der Waals surface area contributed by atoms with Gasteiger partial charge in [0.2, 0.25) is 0 Å². The molecule has 124 valence electrons. The van der Waals surface area contributed by atoms with E-state index < -0.39 is 5.97 Å². The van der Waals surface area contributed by atoms with Crippen molar-refractivity contribution in [2.75, 3.05) is 0 Å². The van der Waals surface area contributed by atoms with Crippen LogP contribution in [-0.2, 0) is 17.8 Å². The van der Waals surface area contributed by atoms with Crippen molar-refractivity contribution in [3.63, 3.8) is 0 Å². The lowest BCUT2D eigenvalue weighted by Gasteiger charge is -2.32. The summed E-state index contributed by atoms with van der Waals surface area (Å²) in [6.45, 7) is 5.00. The third-order valence-electron chi connectivity index (χ3n) is 4.75. The predicted octanol–water partition coefficient (Wildman–Crippen LogP) is 3.30. The second-order valence-electron chi connectivity index (χ2n) is 7.23. The lowest BCUT2D eigenvalue weighted by Crippen LogP contribution is -2.34. The second-order valence-corrected chi connectivity index (χ2v) is 7.23. The van der Waals surface area contributed by atoms with Crippen molar-refractivity contribution in [1.29, 1.82) is 0 Å². The van der Waals surface area contributed by atoms with Gasteiger partial charge in [-0.15, -0.1) is 0 Å². The zero-order valence-corrected chi connectivity index (χ0v) is 13.8. The summed E-state index contributed by atoms with van der Waals surface area (Å²) < 4.78 is 6.01. The highest BCUT2D eigenvalue weighted by atomic mass is 16.5. The van der Waals surface area contributed by atoms with Crippen LogP contribution >= 0.6 is 0 Å². The van der Waals surface area contributed by atoms with E-state index in [9.17, 15) is 4.79 Å². The summed E-state index contributed by atoms with van der Waals surface area (Å²) in [4.78, 5) is 11.1. The Balaban J connectivity index is 1.60. The average molecular weight is 315 g/mol. The third-order valence-corrected chi connectivity index (χ3v) is 4.75. The second kappa shape index (κ2) is 6.36. The normalized spacial score (nSPS) is 25.5. The van der Waals surface area contributed by atoms with Crippen LogP contribution in [0.2, 0.25) is 0 Å². The molecule has 0 spiro atoms. The average Bonchev–Trinajstić information content (AvgIpc) is 2.52. The van der Waals surface area contributed by atoms with Crippen LogP contribution in [0.25, 0.3) is 0 Å². The number of carboxylic acids is 1. The first-order valence-electron chi connectivity index (χ1n) is 8.37.